The largest absolute Gasteiger partial charge is 0.481 e. The van der Waals surface area contributed by atoms with Crippen molar-refractivity contribution in [3.8, 4) is 0 Å². The van der Waals surface area contributed by atoms with Crippen molar-refractivity contribution >= 4 is 39.0 Å². The summed E-state index contributed by atoms with van der Waals surface area (Å²) in [5, 5.41) is 13.2. The summed E-state index contributed by atoms with van der Waals surface area (Å²) in [4.78, 5) is 22.5. The molecule has 0 saturated heterocycles. The lowest BCUT2D eigenvalue weighted by Gasteiger charge is -2.07. The molecule has 8 nitrogen and oxygen atoms in total. The first-order valence-corrected chi connectivity index (χ1v) is 11.3. The maximum atomic E-state index is 13.1. The van der Waals surface area contributed by atoms with E-state index in [4.69, 9.17) is 5.11 Å². The number of unbranched alkanes of at least 4 members (excludes halogenated alkanes) is 2. The molecule has 0 fully saturated rings. The van der Waals surface area contributed by atoms with Gasteiger partial charge in [-0.3, -0.25) is 9.59 Å². The zero-order chi connectivity index (χ0) is 22.3. The summed E-state index contributed by atoms with van der Waals surface area (Å²) in [5.41, 5.74) is 3.49. The zero-order valence-corrected chi connectivity index (χ0v) is 17.6. The fraction of sp³-hybridized carbons (Fsp3) is 0.227. The Morgan fingerprint density at radius 3 is 2.39 bits per heavy atom. The summed E-state index contributed by atoms with van der Waals surface area (Å²) in [6.07, 6.45) is 4.98. The van der Waals surface area contributed by atoms with Gasteiger partial charge in [0.25, 0.3) is 10.0 Å². The average Bonchev–Trinajstić information content (AvgIpc) is 3.13. The number of carbonyl (C=O) groups is 2. The second-order valence-corrected chi connectivity index (χ2v) is 8.78. The standard InChI is InChI=1S/C22H23N3O5S/c26-21(13-5-2-6-14-22(27)28)24-23-15-17-16-25(20-12-8-7-11-19(17)20)31(29,30)18-9-3-1-4-10-18/h1,3-4,7-12,15-16H,2,5-6,13-14H2,(H,24,26)(H,27,28)/b23-15+. The maximum Gasteiger partial charge on any atom is 0.303 e. The van der Waals surface area contributed by atoms with E-state index in [1.54, 1.807) is 42.5 Å². The molecule has 0 saturated carbocycles. The molecule has 1 aromatic heterocycles. The first-order valence-electron chi connectivity index (χ1n) is 9.84. The second-order valence-electron chi connectivity index (χ2n) is 6.96. The van der Waals surface area contributed by atoms with Crippen LogP contribution in [0.1, 0.15) is 37.7 Å². The number of benzene rings is 2. The Hall–Kier alpha value is -3.46. The van der Waals surface area contributed by atoms with Gasteiger partial charge in [-0.2, -0.15) is 5.10 Å². The van der Waals surface area contributed by atoms with Crippen LogP contribution in [0.3, 0.4) is 0 Å². The predicted octanol–water partition coefficient (Wildman–Crippen LogP) is 3.36. The molecule has 0 aliphatic rings. The van der Waals surface area contributed by atoms with E-state index >= 15 is 0 Å². The number of aromatic nitrogens is 1. The number of carboxylic acid groups (broad SMARTS) is 1. The molecule has 3 rings (SSSR count). The molecule has 2 aromatic carbocycles. The molecule has 0 bridgehead atoms. The highest BCUT2D eigenvalue weighted by atomic mass is 32.2. The lowest BCUT2D eigenvalue weighted by atomic mass is 10.1. The van der Waals surface area contributed by atoms with E-state index in [2.05, 4.69) is 10.5 Å². The van der Waals surface area contributed by atoms with Gasteiger partial charge in [0.15, 0.2) is 0 Å². The number of para-hydroxylation sites is 1. The van der Waals surface area contributed by atoms with Crippen molar-refractivity contribution in [1.29, 1.82) is 0 Å². The van der Waals surface area contributed by atoms with E-state index in [1.165, 1.54) is 28.5 Å². The van der Waals surface area contributed by atoms with E-state index in [-0.39, 0.29) is 23.6 Å². The number of nitrogens with one attached hydrogen (secondary N) is 1. The van der Waals surface area contributed by atoms with Crippen LogP contribution in [-0.2, 0) is 19.6 Å². The quantitative estimate of drug-likeness (QED) is 0.284. The number of carboxylic acids is 1. The third-order valence-electron chi connectivity index (χ3n) is 4.70. The van der Waals surface area contributed by atoms with Crippen molar-refractivity contribution in [2.24, 2.45) is 5.10 Å². The van der Waals surface area contributed by atoms with Crippen LogP contribution in [0, 0.1) is 0 Å². The minimum atomic E-state index is -3.78. The van der Waals surface area contributed by atoms with Gasteiger partial charge < -0.3 is 5.11 Å². The average molecular weight is 442 g/mol. The van der Waals surface area contributed by atoms with Crippen molar-refractivity contribution in [2.75, 3.05) is 0 Å². The smallest absolute Gasteiger partial charge is 0.303 e. The Morgan fingerprint density at radius 1 is 0.968 bits per heavy atom. The van der Waals surface area contributed by atoms with Crippen LogP contribution in [0.4, 0.5) is 0 Å². The summed E-state index contributed by atoms with van der Waals surface area (Å²) >= 11 is 0. The fourth-order valence-corrected chi connectivity index (χ4v) is 4.55. The van der Waals surface area contributed by atoms with Crippen LogP contribution in [-0.4, -0.2) is 35.6 Å². The van der Waals surface area contributed by atoms with Crippen molar-refractivity contribution in [3.05, 3.63) is 66.4 Å². The van der Waals surface area contributed by atoms with Crippen LogP contribution in [0.2, 0.25) is 0 Å². The molecular weight excluding hydrogens is 418 g/mol. The van der Waals surface area contributed by atoms with E-state index in [0.717, 1.165) is 0 Å². The van der Waals surface area contributed by atoms with Gasteiger partial charge in [0.2, 0.25) is 5.91 Å². The van der Waals surface area contributed by atoms with E-state index < -0.39 is 16.0 Å². The fourth-order valence-electron chi connectivity index (χ4n) is 3.15. The summed E-state index contributed by atoms with van der Waals surface area (Å²) in [6, 6.07) is 15.2. The van der Waals surface area contributed by atoms with Gasteiger partial charge in [0.05, 0.1) is 16.6 Å². The summed E-state index contributed by atoms with van der Waals surface area (Å²) < 4.78 is 27.3. The van der Waals surface area contributed by atoms with Gasteiger partial charge in [-0.15, -0.1) is 0 Å². The number of rotatable bonds is 10. The number of amides is 1. The third kappa shape index (κ3) is 5.58. The Bertz CT molecular complexity index is 1200. The number of carbonyl (C=O) groups excluding carboxylic acids is 1. The Kier molecular flexibility index (Phi) is 7.19. The van der Waals surface area contributed by atoms with Crippen molar-refractivity contribution < 1.29 is 23.1 Å². The summed E-state index contributed by atoms with van der Waals surface area (Å²) in [6.45, 7) is 0. The lowest BCUT2D eigenvalue weighted by Crippen LogP contribution is -2.17. The number of fused-ring (bicyclic) bond motifs is 1. The van der Waals surface area contributed by atoms with Gasteiger partial charge in [-0.05, 0) is 31.0 Å². The number of hydrogen-bond donors (Lipinski definition) is 2. The summed E-state index contributed by atoms with van der Waals surface area (Å²) in [5.74, 6) is -1.13. The van der Waals surface area contributed by atoms with Crippen LogP contribution in [0.5, 0.6) is 0 Å². The number of aliphatic carboxylic acids is 1. The molecular formula is C22H23N3O5S. The highest BCUT2D eigenvalue weighted by molar-refractivity contribution is 7.90. The van der Waals surface area contributed by atoms with Crippen molar-refractivity contribution in [3.63, 3.8) is 0 Å². The molecule has 1 heterocycles. The Labute approximate surface area is 180 Å². The van der Waals surface area contributed by atoms with Crippen LogP contribution < -0.4 is 5.43 Å². The van der Waals surface area contributed by atoms with E-state index in [9.17, 15) is 18.0 Å². The van der Waals surface area contributed by atoms with Gasteiger partial charge in [0.1, 0.15) is 0 Å². The molecule has 0 spiro atoms. The lowest BCUT2D eigenvalue weighted by molar-refractivity contribution is -0.137. The number of nitrogens with zero attached hydrogens (tertiary/aromatic N) is 2. The normalized spacial score (nSPS) is 11.7. The minimum Gasteiger partial charge on any atom is -0.481 e. The van der Waals surface area contributed by atoms with Crippen LogP contribution in [0.25, 0.3) is 10.9 Å². The monoisotopic (exact) mass is 441 g/mol. The molecule has 0 atom stereocenters. The first-order chi connectivity index (χ1) is 14.9. The molecule has 9 heteroatoms. The molecule has 0 radical (unpaired) electrons. The molecule has 0 unspecified atom stereocenters. The SMILES string of the molecule is O=C(O)CCCCCC(=O)N/N=C/c1cn(S(=O)(=O)c2ccccc2)c2ccccc12. The first kappa shape index (κ1) is 22.2. The number of hydrazone groups is 1. The van der Waals surface area contributed by atoms with Crippen molar-refractivity contribution in [1.82, 2.24) is 9.40 Å². The van der Waals surface area contributed by atoms with Crippen molar-refractivity contribution in [2.45, 2.75) is 37.0 Å². The predicted molar refractivity (Wildman–Crippen MR) is 117 cm³/mol. The number of hydrogen-bond acceptors (Lipinski definition) is 5. The molecule has 1 amide bonds. The molecule has 2 N–H and O–H groups in total. The van der Waals surface area contributed by atoms with Crippen LogP contribution >= 0.6 is 0 Å². The van der Waals surface area contributed by atoms with Crippen LogP contribution in [0.15, 0.2) is 70.8 Å². The molecule has 162 valence electrons. The van der Waals surface area contributed by atoms with Gasteiger partial charge in [-0.25, -0.2) is 17.8 Å². The topological polar surface area (TPSA) is 118 Å². The highest BCUT2D eigenvalue weighted by Gasteiger charge is 2.20. The molecule has 31 heavy (non-hydrogen) atoms. The molecule has 0 aliphatic carbocycles. The van der Waals surface area contributed by atoms with Gasteiger partial charge in [0, 0.05) is 30.0 Å². The minimum absolute atomic E-state index is 0.0930. The third-order valence-corrected chi connectivity index (χ3v) is 6.38. The van der Waals surface area contributed by atoms with E-state index in [0.29, 0.717) is 35.7 Å². The maximum absolute atomic E-state index is 13.1. The Balaban J connectivity index is 1.72. The summed E-state index contributed by atoms with van der Waals surface area (Å²) in [7, 11) is -3.78. The molecule has 0 aliphatic heterocycles. The van der Waals surface area contributed by atoms with Gasteiger partial charge >= 0.3 is 5.97 Å². The molecule has 3 aromatic rings. The Morgan fingerprint density at radius 2 is 1.65 bits per heavy atom. The second kappa shape index (κ2) is 10.0. The van der Waals surface area contributed by atoms with Gasteiger partial charge in [-0.1, -0.05) is 42.8 Å². The zero-order valence-electron chi connectivity index (χ0n) is 16.8. The van der Waals surface area contributed by atoms with E-state index in [1.807, 2.05) is 0 Å². The highest BCUT2D eigenvalue weighted by Crippen LogP contribution is 2.25.